The molecular formula is C13H17Br2N3OS. The molecule has 0 aliphatic carbocycles. The van der Waals surface area contributed by atoms with E-state index in [-0.39, 0.29) is 17.0 Å². The van der Waals surface area contributed by atoms with Gasteiger partial charge in [-0.3, -0.25) is 8.71 Å². The Kier molecular flexibility index (Phi) is 6.35. The quantitative estimate of drug-likeness (QED) is 0.614. The van der Waals surface area contributed by atoms with E-state index in [0.717, 1.165) is 47.9 Å². The van der Waals surface area contributed by atoms with E-state index < -0.39 is 0 Å². The molecule has 1 saturated heterocycles. The minimum atomic E-state index is 0. The minimum absolute atomic E-state index is 0. The molecule has 1 aliphatic rings. The molecule has 1 unspecified atom stereocenters. The molecule has 1 N–H and O–H groups in total. The van der Waals surface area contributed by atoms with Crippen LogP contribution >= 0.6 is 27.9 Å². The average Bonchev–Trinajstić information content (AvgIpc) is 2.63. The molecule has 0 radical (unpaired) electrons. The zero-order chi connectivity index (χ0) is 13.1. The third kappa shape index (κ3) is 3.76. The molecule has 2 aromatic heterocycles. The lowest BCUT2D eigenvalue weighted by molar-refractivity contribution is -0.753. The normalized spacial score (nSPS) is 19.6. The van der Waals surface area contributed by atoms with Crippen LogP contribution in [0.15, 0.2) is 29.0 Å². The van der Waals surface area contributed by atoms with Gasteiger partial charge < -0.3 is 21.7 Å². The number of aromatic nitrogens is 2. The van der Waals surface area contributed by atoms with Crippen molar-refractivity contribution < 1.29 is 26.0 Å². The molecule has 0 aromatic carbocycles. The van der Waals surface area contributed by atoms with Crippen LogP contribution in [0.5, 0.6) is 0 Å². The van der Waals surface area contributed by atoms with Gasteiger partial charge in [-0.15, -0.1) is 0 Å². The Labute approximate surface area is 141 Å². The van der Waals surface area contributed by atoms with Crippen LogP contribution in [0.25, 0.3) is 5.65 Å². The van der Waals surface area contributed by atoms with Crippen LogP contribution in [0.4, 0.5) is 0 Å². The molecule has 1 atom stereocenters. The minimum Gasteiger partial charge on any atom is -1.00 e. The highest BCUT2D eigenvalue weighted by Crippen LogP contribution is 2.21. The molecule has 20 heavy (non-hydrogen) atoms. The summed E-state index contributed by atoms with van der Waals surface area (Å²) in [6, 6.07) is 6.07. The van der Waals surface area contributed by atoms with Crippen LogP contribution in [0.1, 0.15) is 12.1 Å². The van der Waals surface area contributed by atoms with Gasteiger partial charge in [-0.05, 0) is 28.1 Å². The van der Waals surface area contributed by atoms with E-state index >= 15 is 0 Å². The number of halogens is 2. The molecule has 0 amide bonds. The van der Waals surface area contributed by atoms with Crippen molar-refractivity contribution in [2.45, 2.75) is 12.2 Å². The number of fused-ring (bicyclic) bond motifs is 1. The second kappa shape index (κ2) is 7.79. The van der Waals surface area contributed by atoms with Gasteiger partial charge in [0, 0.05) is 12.6 Å². The molecule has 1 fully saturated rings. The number of rotatable bonds is 3. The largest absolute Gasteiger partial charge is 1.00 e. The first-order chi connectivity index (χ1) is 9.34. The summed E-state index contributed by atoms with van der Waals surface area (Å²) in [6.45, 7) is 4.03. The fourth-order valence-electron chi connectivity index (χ4n) is 2.21. The lowest BCUT2D eigenvalue weighted by Gasteiger charge is -2.12. The summed E-state index contributed by atoms with van der Waals surface area (Å²) in [5.74, 6) is 0.928. The van der Waals surface area contributed by atoms with E-state index in [9.17, 15) is 0 Å². The predicted octanol–water partition coefficient (Wildman–Crippen LogP) is -1.45. The third-order valence-electron chi connectivity index (χ3n) is 3.22. The Hall–Kier alpha value is -0.0800. The fourth-order valence-corrected chi connectivity index (χ4v) is 3.98. The number of nitrogens with zero attached hydrogens (tertiary/aromatic N) is 2. The Bertz CT molecular complexity index is 556. The highest BCUT2D eigenvalue weighted by atomic mass is 79.9. The molecule has 3 rings (SSSR count). The third-order valence-corrected chi connectivity index (χ3v) is 5.29. The van der Waals surface area contributed by atoms with Crippen LogP contribution in [-0.2, 0) is 10.5 Å². The Balaban J connectivity index is 0.00000147. The van der Waals surface area contributed by atoms with E-state index in [1.54, 1.807) is 4.31 Å². The fraction of sp³-hybridized carbons (Fsp3) is 0.462. The maximum atomic E-state index is 5.49. The summed E-state index contributed by atoms with van der Waals surface area (Å²) >= 11 is 5.57. The van der Waals surface area contributed by atoms with Crippen molar-refractivity contribution in [1.82, 2.24) is 9.38 Å². The van der Waals surface area contributed by atoms with Crippen molar-refractivity contribution in [2.75, 3.05) is 26.3 Å². The predicted molar refractivity (Wildman–Crippen MR) is 80.3 cm³/mol. The second-order valence-electron chi connectivity index (χ2n) is 4.57. The highest BCUT2D eigenvalue weighted by molar-refractivity contribution is 9.10. The molecule has 1 aliphatic heterocycles. The van der Waals surface area contributed by atoms with Crippen molar-refractivity contribution in [3.05, 3.63) is 34.7 Å². The van der Waals surface area contributed by atoms with Crippen LogP contribution in [0.3, 0.4) is 0 Å². The summed E-state index contributed by atoms with van der Waals surface area (Å²) < 4.78 is 10.2. The molecule has 4 nitrogen and oxygen atoms in total. The Morgan fingerprint density at radius 1 is 1.35 bits per heavy atom. The van der Waals surface area contributed by atoms with E-state index in [1.165, 1.54) is 6.54 Å². The molecular weight excluding hydrogens is 406 g/mol. The number of pyridine rings is 1. The van der Waals surface area contributed by atoms with Gasteiger partial charge in [0.25, 0.3) is 0 Å². The molecule has 7 heteroatoms. The summed E-state index contributed by atoms with van der Waals surface area (Å²) in [4.78, 5) is 4.67. The Morgan fingerprint density at radius 3 is 3.10 bits per heavy atom. The number of ether oxygens (including phenoxy) is 1. The smallest absolute Gasteiger partial charge is 0.137 e. The molecule has 110 valence electrons. The van der Waals surface area contributed by atoms with E-state index in [4.69, 9.17) is 4.74 Å². The van der Waals surface area contributed by atoms with Crippen molar-refractivity contribution in [3.63, 3.8) is 0 Å². The second-order valence-corrected chi connectivity index (χ2v) is 6.48. The number of quaternary nitrogens is 1. The van der Waals surface area contributed by atoms with Crippen LogP contribution in [0.2, 0.25) is 0 Å². The summed E-state index contributed by atoms with van der Waals surface area (Å²) in [5, 5.41) is 0. The lowest BCUT2D eigenvalue weighted by atomic mass is 10.5. The maximum absolute atomic E-state index is 5.49. The summed E-state index contributed by atoms with van der Waals surface area (Å²) in [7, 11) is 0. The van der Waals surface area contributed by atoms with Crippen molar-refractivity contribution in [3.8, 4) is 0 Å². The van der Waals surface area contributed by atoms with E-state index in [2.05, 4.69) is 25.3 Å². The van der Waals surface area contributed by atoms with E-state index in [0.29, 0.717) is 0 Å². The summed E-state index contributed by atoms with van der Waals surface area (Å²) in [5.41, 5.74) is 2.12. The number of nitrogens with one attached hydrogen (secondary N) is 1. The molecule has 0 saturated carbocycles. The monoisotopic (exact) mass is 421 g/mol. The maximum Gasteiger partial charge on any atom is 0.137 e. The van der Waals surface area contributed by atoms with Gasteiger partial charge in [-0.2, -0.15) is 0 Å². The van der Waals surface area contributed by atoms with Crippen LogP contribution in [0, 0.1) is 0 Å². The lowest BCUT2D eigenvalue weighted by Crippen LogP contribution is -3.05. The molecule has 3 heterocycles. The standard InChI is InChI=1S/C13H16BrN3OS.BrH/c14-13-11(15-12-4-1-2-6-17(12)13)10-19-16-5-3-8-18-9-7-16;/h1-2,4,6H,3,5,7-10H2;1H. The van der Waals surface area contributed by atoms with Crippen molar-refractivity contribution >= 4 is 33.5 Å². The topological polar surface area (TPSA) is 31.0 Å². The van der Waals surface area contributed by atoms with E-state index in [1.807, 2.05) is 36.3 Å². The van der Waals surface area contributed by atoms with Crippen LogP contribution in [-0.4, -0.2) is 35.7 Å². The molecule has 0 spiro atoms. The van der Waals surface area contributed by atoms with Crippen molar-refractivity contribution in [2.24, 2.45) is 0 Å². The van der Waals surface area contributed by atoms with Gasteiger partial charge in [0.15, 0.2) is 0 Å². The Morgan fingerprint density at radius 2 is 2.25 bits per heavy atom. The van der Waals surface area contributed by atoms with Gasteiger partial charge >= 0.3 is 0 Å². The number of imidazole rings is 1. The van der Waals surface area contributed by atoms with Gasteiger partial charge in [0.2, 0.25) is 0 Å². The van der Waals surface area contributed by atoms with Gasteiger partial charge in [-0.1, -0.05) is 6.07 Å². The first kappa shape index (κ1) is 16.3. The average molecular weight is 423 g/mol. The first-order valence-corrected chi connectivity index (χ1v) is 8.29. The molecule has 0 bridgehead atoms. The first-order valence-electron chi connectivity index (χ1n) is 6.51. The summed E-state index contributed by atoms with van der Waals surface area (Å²) in [6.07, 6.45) is 3.18. The van der Waals surface area contributed by atoms with Gasteiger partial charge in [0.05, 0.1) is 43.2 Å². The zero-order valence-electron chi connectivity index (χ0n) is 11.0. The van der Waals surface area contributed by atoms with Crippen LogP contribution < -0.4 is 21.3 Å². The highest BCUT2D eigenvalue weighted by Gasteiger charge is 2.17. The molecule has 2 aromatic rings. The SMILES string of the molecule is Brc1c(CS[NH+]2CCCOCC2)nc2ccccn12.[Br-]. The van der Waals surface area contributed by atoms with Gasteiger partial charge in [-0.25, -0.2) is 4.98 Å². The zero-order valence-corrected chi connectivity index (χ0v) is 15.0. The van der Waals surface area contributed by atoms with Gasteiger partial charge in [0.1, 0.15) is 16.8 Å². The van der Waals surface area contributed by atoms with Crippen molar-refractivity contribution in [1.29, 1.82) is 0 Å². The number of hydrogen-bond acceptors (Lipinski definition) is 3. The number of hydrogen-bond donors (Lipinski definition) is 1.